The Morgan fingerprint density at radius 2 is 2.05 bits per heavy atom. The maximum atomic E-state index is 13.9. The predicted octanol–water partition coefficient (Wildman–Crippen LogP) is 3.82. The van der Waals surface area contributed by atoms with E-state index < -0.39 is 0 Å². The maximum Gasteiger partial charge on any atom is 0.127 e. The number of nitrogens with zero attached hydrogens (tertiary/aromatic N) is 3. The highest BCUT2D eigenvalue weighted by molar-refractivity contribution is 5.19. The number of aromatic nitrogens is 2. The summed E-state index contributed by atoms with van der Waals surface area (Å²) in [5.74, 6) is -0.731. The van der Waals surface area contributed by atoms with Crippen LogP contribution in [0.25, 0.3) is 0 Å². The first-order valence-corrected chi connectivity index (χ1v) is 7.81. The van der Waals surface area contributed by atoms with Crippen molar-refractivity contribution in [3.63, 3.8) is 0 Å². The highest BCUT2D eigenvalue weighted by atomic mass is 19.1. The van der Waals surface area contributed by atoms with Crippen LogP contribution in [0.15, 0.2) is 30.5 Å². The van der Waals surface area contributed by atoms with Crippen molar-refractivity contribution in [2.75, 3.05) is 6.54 Å². The number of likely N-dealkylation sites (tertiary alicyclic amines) is 1. The fourth-order valence-electron chi connectivity index (χ4n) is 3.19. The van der Waals surface area contributed by atoms with Gasteiger partial charge in [0, 0.05) is 25.4 Å². The summed E-state index contributed by atoms with van der Waals surface area (Å²) < 4.78 is 29.1. The molecule has 5 heteroatoms. The standard InChI is InChI=1S/C17H21F2N3/c1-21-10-8-16(20-21)17-5-3-2-4-9-22(17)12-13-11-14(18)6-7-15(13)19/h6-8,10-11,17H,2-5,9,12H2,1H3. The molecule has 0 saturated carbocycles. The third kappa shape index (κ3) is 3.35. The van der Waals surface area contributed by atoms with E-state index in [1.807, 2.05) is 19.3 Å². The molecule has 0 spiro atoms. The van der Waals surface area contributed by atoms with Gasteiger partial charge in [-0.25, -0.2) is 8.78 Å². The summed E-state index contributed by atoms with van der Waals surface area (Å²) in [6.07, 6.45) is 6.34. The molecule has 1 saturated heterocycles. The fraction of sp³-hybridized carbons (Fsp3) is 0.471. The van der Waals surface area contributed by atoms with Gasteiger partial charge >= 0.3 is 0 Å². The average molecular weight is 305 g/mol. The summed E-state index contributed by atoms with van der Waals surface area (Å²) in [5.41, 5.74) is 1.43. The second kappa shape index (κ2) is 6.57. The first-order chi connectivity index (χ1) is 10.6. The molecule has 2 heterocycles. The van der Waals surface area contributed by atoms with Crippen LogP contribution < -0.4 is 0 Å². The summed E-state index contributed by atoms with van der Waals surface area (Å²) >= 11 is 0. The van der Waals surface area contributed by atoms with Crippen LogP contribution in [0.3, 0.4) is 0 Å². The van der Waals surface area contributed by atoms with Gasteiger partial charge in [0.2, 0.25) is 0 Å². The molecule has 0 amide bonds. The lowest BCUT2D eigenvalue weighted by Gasteiger charge is -2.29. The van der Waals surface area contributed by atoms with E-state index in [2.05, 4.69) is 10.00 Å². The van der Waals surface area contributed by atoms with Crippen molar-refractivity contribution >= 4 is 0 Å². The molecule has 1 atom stereocenters. The molecule has 0 aliphatic carbocycles. The van der Waals surface area contributed by atoms with E-state index >= 15 is 0 Å². The van der Waals surface area contributed by atoms with E-state index in [9.17, 15) is 8.78 Å². The Labute approximate surface area is 129 Å². The third-order valence-corrected chi connectivity index (χ3v) is 4.32. The average Bonchev–Trinajstić information content (AvgIpc) is 2.78. The van der Waals surface area contributed by atoms with Crippen LogP contribution in [0, 0.1) is 11.6 Å². The molecule has 118 valence electrons. The van der Waals surface area contributed by atoms with Gasteiger partial charge in [-0.1, -0.05) is 12.8 Å². The zero-order valence-electron chi connectivity index (χ0n) is 12.8. The fourth-order valence-corrected chi connectivity index (χ4v) is 3.19. The van der Waals surface area contributed by atoms with Gasteiger partial charge in [0.1, 0.15) is 11.6 Å². The smallest absolute Gasteiger partial charge is 0.127 e. The Hall–Kier alpha value is -1.75. The molecule has 1 aliphatic rings. The van der Waals surface area contributed by atoms with Crippen molar-refractivity contribution in [3.05, 3.63) is 53.4 Å². The molecule has 1 aromatic heterocycles. The Morgan fingerprint density at radius 3 is 2.82 bits per heavy atom. The van der Waals surface area contributed by atoms with E-state index in [-0.39, 0.29) is 17.7 Å². The van der Waals surface area contributed by atoms with Gasteiger partial charge in [0.05, 0.1) is 11.7 Å². The summed E-state index contributed by atoms with van der Waals surface area (Å²) in [6, 6.07) is 5.86. The number of rotatable bonds is 3. The second-order valence-electron chi connectivity index (χ2n) is 5.99. The summed E-state index contributed by atoms with van der Waals surface area (Å²) in [4.78, 5) is 2.23. The minimum absolute atomic E-state index is 0.173. The lowest BCUT2D eigenvalue weighted by Crippen LogP contribution is -2.29. The molecule has 3 nitrogen and oxygen atoms in total. The first-order valence-electron chi connectivity index (χ1n) is 7.81. The highest BCUT2D eigenvalue weighted by Crippen LogP contribution is 2.30. The van der Waals surface area contributed by atoms with E-state index in [1.165, 1.54) is 18.6 Å². The van der Waals surface area contributed by atoms with Gasteiger partial charge in [0.25, 0.3) is 0 Å². The molecule has 1 aromatic carbocycles. The largest absolute Gasteiger partial charge is 0.290 e. The van der Waals surface area contributed by atoms with E-state index in [1.54, 1.807) is 4.68 Å². The number of hydrogen-bond donors (Lipinski definition) is 0. The summed E-state index contributed by atoms with van der Waals surface area (Å²) in [6.45, 7) is 1.31. The Bertz CT molecular complexity index is 639. The summed E-state index contributed by atoms with van der Waals surface area (Å²) in [7, 11) is 1.90. The molecule has 0 bridgehead atoms. The van der Waals surface area contributed by atoms with Crippen LogP contribution in [0.5, 0.6) is 0 Å². The molecule has 3 rings (SSSR count). The van der Waals surface area contributed by atoms with Crippen molar-refractivity contribution in [1.82, 2.24) is 14.7 Å². The monoisotopic (exact) mass is 305 g/mol. The third-order valence-electron chi connectivity index (χ3n) is 4.32. The Morgan fingerprint density at radius 1 is 1.18 bits per heavy atom. The highest BCUT2D eigenvalue weighted by Gasteiger charge is 2.25. The van der Waals surface area contributed by atoms with Crippen LogP contribution in [-0.2, 0) is 13.6 Å². The van der Waals surface area contributed by atoms with Gasteiger partial charge < -0.3 is 0 Å². The van der Waals surface area contributed by atoms with Crippen LogP contribution in [0.1, 0.15) is 43.0 Å². The molecule has 0 N–H and O–H groups in total. The van der Waals surface area contributed by atoms with Gasteiger partial charge in [-0.15, -0.1) is 0 Å². The molecule has 22 heavy (non-hydrogen) atoms. The van der Waals surface area contributed by atoms with Crippen LogP contribution in [-0.4, -0.2) is 21.2 Å². The van der Waals surface area contributed by atoms with E-state index in [4.69, 9.17) is 0 Å². The Kier molecular flexibility index (Phi) is 4.52. The number of halogens is 2. The van der Waals surface area contributed by atoms with Crippen molar-refractivity contribution in [2.24, 2.45) is 7.05 Å². The van der Waals surface area contributed by atoms with Crippen LogP contribution >= 0.6 is 0 Å². The zero-order chi connectivity index (χ0) is 15.5. The van der Waals surface area contributed by atoms with Gasteiger partial charge in [-0.2, -0.15) is 5.10 Å². The van der Waals surface area contributed by atoms with Crippen molar-refractivity contribution in [1.29, 1.82) is 0 Å². The quantitative estimate of drug-likeness (QED) is 0.859. The van der Waals surface area contributed by atoms with Gasteiger partial charge in [0.15, 0.2) is 0 Å². The molecule has 1 unspecified atom stereocenters. The van der Waals surface area contributed by atoms with Crippen LogP contribution in [0.2, 0.25) is 0 Å². The Balaban J connectivity index is 1.85. The zero-order valence-corrected chi connectivity index (χ0v) is 12.8. The first kappa shape index (κ1) is 15.2. The van der Waals surface area contributed by atoms with Crippen molar-refractivity contribution in [3.8, 4) is 0 Å². The molecule has 1 fully saturated rings. The van der Waals surface area contributed by atoms with Crippen molar-refractivity contribution < 1.29 is 8.78 Å². The minimum Gasteiger partial charge on any atom is -0.290 e. The molecule has 0 radical (unpaired) electrons. The molecular weight excluding hydrogens is 284 g/mol. The molecule has 1 aliphatic heterocycles. The molecular formula is C17H21F2N3. The topological polar surface area (TPSA) is 21.1 Å². The van der Waals surface area contributed by atoms with Gasteiger partial charge in [-0.05, 0) is 43.7 Å². The minimum atomic E-state index is -0.388. The maximum absolute atomic E-state index is 13.9. The number of hydrogen-bond acceptors (Lipinski definition) is 2. The molecule has 2 aromatic rings. The lowest BCUT2D eigenvalue weighted by atomic mass is 10.1. The normalized spacial score (nSPS) is 20.0. The van der Waals surface area contributed by atoms with Gasteiger partial charge in [-0.3, -0.25) is 9.58 Å². The van der Waals surface area contributed by atoms with E-state index in [0.717, 1.165) is 37.6 Å². The second-order valence-corrected chi connectivity index (χ2v) is 5.99. The van der Waals surface area contributed by atoms with Crippen LogP contribution in [0.4, 0.5) is 8.78 Å². The lowest BCUT2D eigenvalue weighted by molar-refractivity contribution is 0.185. The number of aryl methyl sites for hydroxylation is 1. The van der Waals surface area contributed by atoms with Crippen molar-refractivity contribution in [2.45, 2.75) is 38.3 Å². The van der Waals surface area contributed by atoms with E-state index in [0.29, 0.717) is 12.1 Å². The predicted molar refractivity (Wildman–Crippen MR) is 81.2 cm³/mol. The number of benzene rings is 1. The SMILES string of the molecule is Cn1ccc(C2CCCCCN2Cc2cc(F)ccc2F)n1. The summed E-state index contributed by atoms with van der Waals surface area (Å²) in [5, 5.41) is 4.52.